The van der Waals surface area contributed by atoms with Gasteiger partial charge in [0.1, 0.15) is 5.75 Å². The number of benzene rings is 2. The number of methoxy groups -OCH3 is 1. The van der Waals surface area contributed by atoms with Gasteiger partial charge in [0.15, 0.2) is 5.96 Å². The summed E-state index contributed by atoms with van der Waals surface area (Å²) >= 11 is 0. The molecule has 3 N–H and O–H groups in total. The Labute approximate surface area is 161 Å². The van der Waals surface area contributed by atoms with E-state index in [0.717, 1.165) is 23.4 Å². The number of hydrogen-bond donors (Lipinski definition) is 3. The first-order valence-electron chi connectivity index (χ1n) is 9.18. The number of anilines is 1. The van der Waals surface area contributed by atoms with Crippen LogP contribution in [0.25, 0.3) is 0 Å². The number of aliphatic imine (C=N–C) groups is 1. The second-order valence-corrected chi connectivity index (χ2v) is 6.00. The van der Waals surface area contributed by atoms with Crippen molar-refractivity contribution in [1.29, 1.82) is 0 Å². The molecule has 0 fully saturated rings. The number of hydrogen-bond acceptors (Lipinski definition) is 3. The quantitative estimate of drug-likeness (QED) is 0.495. The molecule has 0 aromatic heterocycles. The Morgan fingerprint density at radius 1 is 1.04 bits per heavy atom. The van der Waals surface area contributed by atoms with Crippen LogP contribution in [0.1, 0.15) is 25.0 Å². The zero-order valence-corrected chi connectivity index (χ0v) is 16.2. The fourth-order valence-electron chi connectivity index (χ4n) is 2.52. The van der Waals surface area contributed by atoms with Gasteiger partial charge in [0.25, 0.3) is 0 Å². The van der Waals surface area contributed by atoms with E-state index in [0.29, 0.717) is 19.0 Å². The molecule has 144 valence electrons. The van der Waals surface area contributed by atoms with Crippen LogP contribution in [0.3, 0.4) is 0 Å². The van der Waals surface area contributed by atoms with Gasteiger partial charge in [-0.3, -0.25) is 4.79 Å². The maximum atomic E-state index is 12.2. The molecule has 1 amide bonds. The van der Waals surface area contributed by atoms with Gasteiger partial charge in [-0.2, -0.15) is 0 Å². The van der Waals surface area contributed by atoms with E-state index in [2.05, 4.69) is 27.9 Å². The molecular formula is C21H28N4O2. The van der Waals surface area contributed by atoms with E-state index in [-0.39, 0.29) is 12.5 Å². The smallest absolute Gasteiger partial charge is 0.243 e. The number of guanidine groups is 1. The van der Waals surface area contributed by atoms with Gasteiger partial charge in [-0.05, 0) is 48.7 Å². The molecule has 0 bridgehead atoms. The lowest BCUT2D eigenvalue weighted by atomic mass is 10.1. The molecule has 2 aromatic rings. The van der Waals surface area contributed by atoms with Crippen molar-refractivity contribution < 1.29 is 9.53 Å². The minimum atomic E-state index is -0.116. The van der Waals surface area contributed by atoms with Crippen LogP contribution in [0.2, 0.25) is 0 Å². The average molecular weight is 368 g/mol. The molecule has 6 heteroatoms. The molecule has 0 saturated heterocycles. The SMILES string of the molecule is CCNC(=NCc1cccc(OC)c1)NCC(=O)Nc1cccc(CC)c1. The first kappa shape index (κ1) is 20.3. The van der Waals surface area contributed by atoms with Crippen molar-refractivity contribution in [2.45, 2.75) is 26.8 Å². The van der Waals surface area contributed by atoms with Crippen LogP contribution >= 0.6 is 0 Å². The highest BCUT2D eigenvalue weighted by Crippen LogP contribution is 2.13. The number of carbonyl (C=O) groups excluding carboxylic acids is 1. The van der Waals surface area contributed by atoms with E-state index in [1.807, 2.05) is 55.5 Å². The summed E-state index contributed by atoms with van der Waals surface area (Å²) in [6.07, 6.45) is 0.934. The number of nitrogens with zero attached hydrogens (tertiary/aromatic N) is 1. The highest BCUT2D eigenvalue weighted by molar-refractivity contribution is 5.95. The van der Waals surface area contributed by atoms with Crippen molar-refractivity contribution in [1.82, 2.24) is 10.6 Å². The summed E-state index contributed by atoms with van der Waals surface area (Å²) < 4.78 is 5.23. The standard InChI is InChI=1S/C21H28N4O2/c1-4-16-8-6-10-18(12-16)25-20(26)15-24-21(22-5-2)23-14-17-9-7-11-19(13-17)27-3/h6-13H,4-5,14-15H2,1-3H3,(H,25,26)(H2,22,23,24). The summed E-state index contributed by atoms with van der Waals surface area (Å²) in [6, 6.07) is 15.6. The van der Waals surface area contributed by atoms with Crippen LogP contribution in [0.4, 0.5) is 5.69 Å². The molecule has 0 spiro atoms. The minimum absolute atomic E-state index is 0.116. The van der Waals surface area contributed by atoms with Crippen molar-refractivity contribution >= 4 is 17.6 Å². The molecule has 6 nitrogen and oxygen atoms in total. The first-order valence-corrected chi connectivity index (χ1v) is 9.18. The lowest BCUT2D eigenvalue weighted by Gasteiger charge is -2.12. The molecule has 0 radical (unpaired) electrons. The number of ether oxygens (including phenoxy) is 1. The Hall–Kier alpha value is -3.02. The summed E-state index contributed by atoms with van der Waals surface area (Å²) in [5.41, 5.74) is 3.03. The normalized spacial score (nSPS) is 11.0. The topological polar surface area (TPSA) is 74.8 Å². The second-order valence-electron chi connectivity index (χ2n) is 6.00. The fourth-order valence-corrected chi connectivity index (χ4v) is 2.52. The Kier molecular flexibility index (Phi) is 8.16. The predicted octanol–water partition coefficient (Wildman–Crippen LogP) is 2.95. The van der Waals surface area contributed by atoms with E-state index < -0.39 is 0 Å². The zero-order valence-electron chi connectivity index (χ0n) is 16.2. The molecule has 0 aliphatic carbocycles. The Morgan fingerprint density at radius 2 is 1.81 bits per heavy atom. The third-order valence-electron chi connectivity index (χ3n) is 3.93. The van der Waals surface area contributed by atoms with Crippen molar-refractivity contribution in [3.05, 3.63) is 59.7 Å². The van der Waals surface area contributed by atoms with Gasteiger partial charge in [-0.1, -0.05) is 31.2 Å². The summed E-state index contributed by atoms with van der Waals surface area (Å²) in [4.78, 5) is 16.7. The van der Waals surface area contributed by atoms with Crippen LogP contribution in [-0.4, -0.2) is 32.1 Å². The van der Waals surface area contributed by atoms with Gasteiger partial charge >= 0.3 is 0 Å². The van der Waals surface area contributed by atoms with E-state index >= 15 is 0 Å². The highest BCUT2D eigenvalue weighted by atomic mass is 16.5. The van der Waals surface area contributed by atoms with Crippen LogP contribution in [0.15, 0.2) is 53.5 Å². The Morgan fingerprint density at radius 3 is 2.56 bits per heavy atom. The summed E-state index contributed by atoms with van der Waals surface area (Å²) in [5, 5.41) is 9.11. The van der Waals surface area contributed by atoms with Crippen LogP contribution in [0.5, 0.6) is 5.75 Å². The number of nitrogens with one attached hydrogen (secondary N) is 3. The Bertz CT molecular complexity index is 774. The zero-order chi connectivity index (χ0) is 19.5. The van der Waals surface area contributed by atoms with Gasteiger partial charge in [0, 0.05) is 12.2 Å². The summed E-state index contributed by atoms with van der Waals surface area (Å²) in [7, 11) is 1.64. The van der Waals surface area contributed by atoms with E-state index in [9.17, 15) is 4.79 Å². The molecule has 2 rings (SSSR count). The number of aryl methyl sites for hydroxylation is 1. The van der Waals surface area contributed by atoms with E-state index in [4.69, 9.17) is 4.74 Å². The maximum Gasteiger partial charge on any atom is 0.243 e. The number of amides is 1. The molecule has 0 aliphatic rings. The lowest BCUT2D eigenvalue weighted by molar-refractivity contribution is -0.115. The molecular weight excluding hydrogens is 340 g/mol. The second kappa shape index (κ2) is 10.9. The van der Waals surface area contributed by atoms with Crippen molar-refractivity contribution in [3.63, 3.8) is 0 Å². The summed E-state index contributed by atoms with van der Waals surface area (Å²) in [5.74, 6) is 1.28. The van der Waals surface area contributed by atoms with Crippen molar-refractivity contribution in [3.8, 4) is 5.75 Å². The minimum Gasteiger partial charge on any atom is -0.497 e. The predicted molar refractivity (Wildman–Crippen MR) is 110 cm³/mol. The van der Waals surface area contributed by atoms with Gasteiger partial charge in [0.05, 0.1) is 20.2 Å². The fraction of sp³-hybridized carbons (Fsp3) is 0.333. The molecule has 0 aliphatic heterocycles. The van der Waals surface area contributed by atoms with Gasteiger partial charge in [-0.15, -0.1) is 0 Å². The van der Waals surface area contributed by atoms with Crippen molar-refractivity contribution in [2.75, 3.05) is 25.5 Å². The molecule has 0 unspecified atom stereocenters. The third kappa shape index (κ3) is 7.01. The van der Waals surface area contributed by atoms with Crippen molar-refractivity contribution in [2.24, 2.45) is 4.99 Å². The summed E-state index contributed by atoms with van der Waals surface area (Å²) in [6.45, 7) is 5.42. The van der Waals surface area contributed by atoms with E-state index in [1.54, 1.807) is 7.11 Å². The average Bonchev–Trinajstić information content (AvgIpc) is 2.70. The molecule has 0 saturated carbocycles. The molecule has 0 atom stereocenters. The first-order chi connectivity index (χ1) is 13.1. The van der Waals surface area contributed by atoms with Crippen LogP contribution in [0, 0.1) is 0 Å². The number of rotatable bonds is 8. The van der Waals surface area contributed by atoms with Gasteiger partial charge in [-0.25, -0.2) is 4.99 Å². The Balaban J connectivity index is 1.91. The highest BCUT2D eigenvalue weighted by Gasteiger charge is 2.05. The molecule has 27 heavy (non-hydrogen) atoms. The van der Waals surface area contributed by atoms with Gasteiger partial charge in [0.2, 0.25) is 5.91 Å². The monoisotopic (exact) mass is 368 g/mol. The van der Waals surface area contributed by atoms with Crippen LogP contribution in [-0.2, 0) is 17.8 Å². The van der Waals surface area contributed by atoms with E-state index in [1.165, 1.54) is 5.56 Å². The van der Waals surface area contributed by atoms with Gasteiger partial charge < -0.3 is 20.7 Å². The third-order valence-corrected chi connectivity index (χ3v) is 3.93. The molecule has 2 aromatic carbocycles. The largest absolute Gasteiger partial charge is 0.497 e. The number of carbonyl (C=O) groups is 1. The molecule has 0 heterocycles. The van der Waals surface area contributed by atoms with Crippen LogP contribution < -0.4 is 20.7 Å². The lowest BCUT2D eigenvalue weighted by Crippen LogP contribution is -2.41. The maximum absolute atomic E-state index is 12.2.